The number of ketones is 1. The Morgan fingerprint density at radius 1 is 0.620 bits per heavy atom. The van der Waals surface area contributed by atoms with E-state index in [1.54, 1.807) is 30.3 Å². The Bertz CT molecular complexity index is 1850. The first kappa shape index (κ1) is 61.6. The molecule has 1 aromatic carbocycles. The van der Waals surface area contributed by atoms with Crippen molar-refractivity contribution in [3.8, 4) is 0 Å². The van der Waals surface area contributed by atoms with E-state index >= 15 is 0 Å². The van der Waals surface area contributed by atoms with E-state index in [2.05, 4.69) is 49.5 Å². The standard InChI is InChI=1S/C51H87N11O9/c1-7-9-10-11-15-19-44(64)56-37(20-24-52)48(68)60-40-23-27-55-46(66)42(29-33(5)6)62-47(67)36(16-8-2)58-49(69)38(21-25-53)57-45(65)35(28-32(3)4)31-43(63)41(30-34-17-13-12-14-18-34)61-50(70)39(22-26-54)59-51(40)71/h12-14,17-18,32-33,35-42H,7-11,15-16,19-31,52-54H2,1-6H3,(H,55,66)(H,56,64)(H,57,65)(H,58,69)(H,59,71)(H,60,68)(H,61,70)(H,62,67)/t35-,36+,37-,38+,39+,40+,41-,42+/m1/s1. The average molecular weight is 998 g/mol. The third-order valence-corrected chi connectivity index (χ3v) is 12.3. The van der Waals surface area contributed by atoms with Crippen LogP contribution in [-0.2, 0) is 49.6 Å². The number of benzene rings is 1. The summed E-state index contributed by atoms with van der Waals surface area (Å²) in [5.74, 6) is -6.69. The summed E-state index contributed by atoms with van der Waals surface area (Å²) >= 11 is 0. The zero-order valence-electron chi connectivity index (χ0n) is 43.2. The first-order valence-corrected chi connectivity index (χ1v) is 25.9. The largest absolute Gasteiger partial charge is 0.354 e. The summed E-state index contributed by atoms with van der Waals surface area (Å²) < 4.78 is 0. The third-order valence-electron chi connectivity index (χ3n) is 12.3. The molecular formula is C51H87N11O9. The van der Waals surface area contributed by atoms with E-state index in [1.165, 1.54) is 0 Å². The molecule has 0 unspecified atom stereocenters. The molecule has 1 aliphatic rings. The van der Waals surface area contributed by atoms with Gasteiger partial charge in [-0.15, -0.1) is 0 Å². The summed E-state index contributed by atoms with van der Waals surface area (Å²) in [7, 11) is 0. The molecule has 400 valence electrons. The van der Waals surface area contributed by atoms with Crippen molar-refractivity contribution in [3.05, 3.63) is 35.9 Å². The molecule has 1 fully saturated rings. The maximum Gasteiger partial charge on any atom is 0.243 e. The Labute approximate surface area is 421 Å². The van der Waals surface area contributed by atoms with Crippen LogP contribution in [0.4, 0.5) is 0 Å². The molecule has 0 radical (unpaired) electrons. The highest BCUT2D eigenvalue weighted by molar-refractivity contribution is 5.98. The van der Waals surface area contributed by atoms with Crippen molar-refractivity contribution >= 4 is 53.0 Å². The van der Waals surface area contributed by atoms with Crippen LogP contribution in [0.5, 0.6) is 0 Å². The molecule has 0 bridgehead atoms. The molecule has 8 atom stereocenters. The number of carbonyl (C=O) groups is 9. The Morgan fingerprint density at radius 3 is 1.73 bits per heavy atom. The number of hydrogen-bond acceptors (Lipinski definition) is 12. The summed E-state index contributed by atoms with van der Waals surface area (Å²) in [6, 6.07) is 0.603. The third kappa shape index (κ3) is 23.5. The average Bonchev–Trinajstić information content (AvgIpc) is 3.31. The molecule has 71 heavy (non-hydrogen) atoms. The molecule has 2 rings (SSSR count). The number of nitrogens with two attached hydrogens (primary N) is 3. The lowest BCUT2D eigenvalue weighted by Gasteiger charge is -2.27. The fraction of sp³-hybridized carbons (Fsp3) is 0.706. The van der Waals surface area contributed by atoms with Crippen LogP contribution < -0.4 is 59.7 Å². The summed E-state index contributed by atoms with van der Waals surface area (Å²) in [5, 5.41) is 22.1. The monoisotopic (exact) mass is 998 g/mol. The molecule has 0 aromatic heterocycles. The first-order chi connectivity index (χ1) is 33.9. The highest BCUT2D eigenvalue weighted by atomic mass is 16.2. The SMILES string of the molecule is CCCCCCCC(=O)N[C@H](CCN)C(=O)N[C@H]1CCNC(=O)[C@H](CC(C)C)NC(=O)[C@H](CCC)NC(=O)[C@H](CCN)NC(=O)[C@H](CC(C)C)CC(=O)[C@@H](Cc2ccccc2)NC(=O)[C@H](CCN)NC1=O. The van der Waals surface area contributed by atoms with E-state index < -0.39 is 95.3 Å². The normalized spacial score (nSPS) is 23.1. The molecule has 1 aromatic rings. The topological polar surface area (TPSA) is 328 Å². The predicted molar refractivity (Wildman–Crippen MR) is 273 cm³/mol. The van der Waals surface area contributed by atoms with Gasteiger partial charge in [-0.05, 0) is 94.8 Å². The van der Waals surface area contributed by atoms with Crippen molar-refractivity contribution in [2.75, 3.05) is 26.2 Å². The van der Waals surface area contributed by atoms with Crippen molar-refractivity contribution in [2.24, 2.45) is 35.0 Å². The molecule has 14 N–H and O–H groups in total. The number of carbonyl (C=O) groups excluding carboxylic acids is 9. The predicted octanol–water partition coefficient (Wildman–Crippen LogP) is 1.02. The van der Waals surface area contributed by atoms with Gasteiger partial charge in [0.2, 0.25) is 47.3 Å². The zero-order valence-corrected chi connectivity index (χ0v) is 43.2. The number of rotatable bonds is 23. The van der Waals surface area contributed by atoms with Crippen LogP contribution in [0.1, 0.15) is 143 Å². The Hall–Kier alpha value is -5.47. The van der Waals surface area contributed by atoms with Crippen LogP contribution >= 0.6 is 0 Å². The van der Waals surface area contributed by atoms with Crippen LogP contribution in [-0.4, -0.2) is 122 Å². The number of amides is 8. The molecular weight excluding hydrogens is 911 g/mol. The summed E-state index contributed by atoms with van der Waals surface area (Å²) in [4.78, 5) is 126. The molecule has 8 amide bonds. The number of unbranched alkanes of at least 4 members (excludes halogenated alkanes) is 4. The molecule has 0 saturated carbocycles. The summed E-state index contributed by atoms with van der Waals surface area (Å²) in [5.41, 5.74) is 18.5. The van der Waals surface area contributed by atoms with Crippen molar-refractivity contribution in [3.63, 3.8) is 0 Å². The van der Waals surface area contributed by atoms with Gasteiger partial charge >= 0.3 is 0 Å². The minimum Gasteiger partial charge on any atom is -0.354 e. The molecule has 1 saturated heterocycles. The van der Waals surface area contributed by atoms with Crippen LogP contribution in [0.25, 0.3) is 0 Å². The van der Waals surface area contributed by atoms with E-state index in [-0.39, 0.29) is 108 Å². The van der Waals surface area contributed by atoms with Crippen LogP contribution in [0.15, 0.2) is 30.3 Å². The van der Waals surface area contributed by atoms with Crippen LogP contribution in [0.2, 0.25) is 0 Å². The van der Waals surface area contributed by atoms with Gasteiger partial charge < -0.3 is 59.7 Å². The second kappa shape index (κ2) is 34.0. The minimum atomic E-state index is -1.38. The first-order valence-electron chi connectivity index (χ1n) is 25.9. The number of Topliss-reactive ketones (excluding diaryl/α,β-unsaturated/α-hetero) is 1. The van der Waals surface area contributed by atoms with Gasteiger partial charge in [-0.3, -0.25) is 43.2 Å². The van der Waals surface area contributed by atoms with Gasteiger partial charge in [0.25, 0.3) is 0 Å². The van der Waals surface area contributed by atoms with Crippen molar-refractivity contribution in [2.45, 2.75) is 187 Å². The van der Waals surface area contributed by atoms with Gasteiger partial charge in [0.15, 0.2) is 5.78 Å². The maximum atomic E-state index is 14.4. The maximum absolute atomic E-state index is 14.4. The van der Waals surface area contributed by atoms with E-state index in [0.717, 1.165) is 25.7 Å². The lowest BCUT2D eigenvalue weighted by Crippen LogP contribution is -2.59. The summed E-state index contributed by atoms with van der Waals surface area (Å²) in [6.45, 7) is 11.2. The van der Waals surface area contributed by atoms with Crippen molar-refractivity contribution < 1.29 is 43.2 Å². The fourth-order valence-corrected chi connectivity index (χ4v) is 8.44. The second-order valence-electron chi connectivity index (χ2n) is 19.6. The Morgan fingerprint density at radius 2 is 1.17 bits per heavy atom. The molecule has 0 spiro atoms. The van der Waals surface area contributed by atoms with Gasteiger partial charge in [-0.25, -0.2) is 0 Å². The molecule has 0 aliphatic carbocycles. The van der Waals surface area contributed by atoms with Crippen molar-refractivity contribution in [1.82, 2.24) is 42.5 Å². The van der Waals surface area contributed by atoms with E-state index in [1.807, 2.05) is 34.6 Å². The highest BCUT2D eigenvalue weighted by Crippen LogP contribution is 2.20. The molecule has 1 aliphatic heterocycles. The quantitative estimate of drug-likeness (QED) is 0.0685. The molecule has 1 heterocycles. The minimum absolute atomic E-state index is 0.00768. The smallest absolute Gasteiger partial charge is 0.243 e. The van der Waals surface area contributed by atoms with Crippen LogP contribution in [0.3, 0.4) is 0 Å². The van der Waals surface area contributed by atoms with E-state index in [9.17, 15) is 43.2 Å². The molecule has 20 nitrogen and oxygen atoms in total. The number of hydrogen-bond donors (Lipinski definition) is 11. The Kier molecular flexibility index (Phi) is 29.5. The van der Waals surface area contributed by atoms with Gasteiger partial charge in [-0.1, -0.05) is 104 Å². The van der Waals surface area contributed by atoms with Gasteiger partial charge in [-0.2, -0.15) is 0 Å². The van der Waals surface area contributed by atoms with Gasteiger partial charge in [0, 0.05) is 25.3 Å². The lowest BCUT2D eigenvalue weighted by molar-refractivity contribution is -0.136. The highest BCUT2D eigenvalue weighted by Gasteiger charge is 2.35. The fourth-order valence-electron chi connectivity index (χ4n) is 8.44. The zero-order chi connectivity index (χ0) is 52.9. The lowest BCUT2D eigenvalue weighted by atomic mass is 9.88. The molecule has 20 heteroatoms. The second-order valence-corrected chi connectivity index (χ2v) is 19.6. The van der Waals surface area contributed by atoms with Gasteiger partial charge in [0.05, 0.1) is 6.04 Å². The van der Waals surface area contributed by atoms with Crippen molar-refractivity contribution in [1.29, 1.82) is 0 Å². The number of nitrogens with one attached hydrogen (secondary N) is 8. The van der Waals surface area contributed by atoms with Crippen LogP contribution in [0, 0.1) is 17.8 Å². The van der Waals surface area contributed by atoms with E-state index in [0.29, 0.717) is 18.4 Å². The van der Waals surface area contributed by atoms with Gasteiger partial charge in [0.1, 0.15) is 36.3 Å². The summed E-state index contributed by atoms with van der Waals surface area (Å²) in [6.07, 6.45) is 5.36. The van der Waals surface area contributed by atoms with E-state index in [4.69, 9.17) is 17.2 Å². The Balaban J connectivity index is 2.70.